The van der Waals surface area contributed by atoms with Crippen LogP contribution in [-0.4, -0.2) is 48.2 Å². The summed E-state index contributed by atoms with van der Waals surface area (Å²) in [5.74, 6) is 0.797. The van der Waals surface area contributed by atoms with Crippen LogP contribution in [0, 0.1) is 0 Å². The Balaban J connectivity index is 1.61. The third-order valence-electron chi connectivity index (χ3n) is 5.29. The van der Waals surface area contributed by atoms with Gasteiger partial charge in [0.05, 0.1) is 11.0 Å². The van der Waals surface area contributed by atoms with Crippen LogP contribution in [0.25, 0.3) is 11.0 Å². The predicted octanol–water partition coefficient (Wildman–Crippen LogP) is 2.13. The van der Waals surface area contributed by atoms with Crippen molar-refractivity contribution in [1.29, 1.82) is 0 Å². The van der Waals surface area contributed by atoms with E-state index in [1.807, 2.05) is 24.8 Å². The smallest absolute Gasteiger partial charge is 0.338 e. The predicted molar refractivity (Wildman–Crippen MR) is 105 cm³/mol. The third kappa shape index (κ3) is 3.19. The van der Waals surface area contributed by atoms with Crippen molar-refractivity contribution in [2.45, 2.75) is 38.6 Å². The molecule has 0 N–H and O–H groups in total. The van der Waals surface area contributed by atoms with Crippen LogP contribution in [0.3, 0.4) is 0 Å². The molecule has 0 bridgehead atoms. The summed E-state index contributed by atoms with van der Waals surface area (Å²) in [7, 11) is 1.67. The lowest BCUT2D eigenvalue weighted by Crippen LogP contribution is -2.40. The van der Waals surface area contributed by atoms with E-state index in [1.165, 1.54) is 4.68 Å². The monoisotopic (exact) mass is 380 g/mol. The number of carbonyl (C=O) groups is 1. The molecule has 1 fully saturated rings. The van der Waals surface area contributed by atoms with Gasteiger partial charge in [0.15, 0.2) is 0 Å². The number of nitrogens with zero attached hydrogens (tertiary/aromatic N) is 6. The molecule has 1 amide bonds. The van der Waals surface area contributed by atoms with Crippen molar-refractivity contribution in [2.24, 2.45) is 7.05 Å². The molecule has 28 heavy (non-hydrogen) atoms. The van der Waals surface area contributed by atoms with E-state index < -0.39 is 0 Å². The lowest BCUT2D eigenvalue weighted by molar-refractivity contribution is 0.0703. The highest BCUT2D eigenvalue weighted by molar-refractivity contribution is 5.97. The molecule has 146 valence electrons. The van der Waals surface area contributed by atoms with Crippen LogP contribution in [0.4, 0.5) is 0 Å². The van der Waals surface area contributed by atoms with E-state index in [0.29, 0.717) is 24.2 Å². The summed E-state index contributed by atoms with van der Waals surface area (Å²) in [5, 5.41) is 4.47. The summed E-state index contributed by atoms with van der Waals surface area (Å²) < 4.78 is 3.13. The molecule has 4 rings (SSSR count). The van der Waals surface area contributed by atoms with Crippen LogP contribution in [0.2, 0.25) is 0 Å². The maximum Gasteiger partial charge on any atom is 0.345 e. The molecular formula is C20H24N6O2. The molecule has 1 aliphatic heterocycles. The summed E-state index contributed by atoms with van der Waals surface area (Å²) in [6.07, 6.45) is 5.06. The highest BCUT2D eigenvalue weighted by atomic mass is 16.2. The molecule has 1 unspecified atom stereocenters. The molecule has 1 atom stereocenters. The number of hydrogen-bond acceptors (Lipinski definition) is 5. The molecule has 3 aromatic rings. The third-order valence-corrected chi connectivity index (χ3v) is 5.29. The minimum Gasteiger partial charge on any atom is -0.338 e. The van der Waals surface area contributed by atoms with Gasteiger partial charge in [-0.3, -0.25) is 19.3 Å². The van der Waals surface area contributed by atoms with Crippen molar-refractivity contribution in [3.05, 3.63) is 52.5 Å². The minimum absolute atomic E-state index is 0.0216. The van der Waals surface area contributed by atoms with Crippen molar-refractivity contribution in [3.8, 4) is 0 Å². The Kier molecular flexibility index (Phi) is 4.70. The summed E-state index contributed by atoms with van der Waals surface area (Å²) in [6.45, 7) is 5.22. The summed E-state index contributed by atoms with van der Waals surface area (Å²) in [6, 6.07) is 5.44. The zero-order valence-corrected chi connectivity index (χ0v) is 16.4. The van der Waals surface area contributed by atoms with E-state index in [0.717, 1.165) is 24.2 Å². The SMILES string of the molecule is CC(C)n1c(C2CCCN(C(=O)c3ccc4nccnc4c3)C2)nn(C)c1=O. The number of hydrogen-bond donors (Lipinski definition) is 0. The first kappa shape index (κ1) is 18.3. The standard InChI is InChI=1S/C20H24N6O2/c1-13(2)26-18(23-24(3)20(26)28)15-5-4-10-25(12-15)19(27)14-6-7-16-17(11-14)22-9-8-21-16/h6-9,11,13,15H,4-5,10,12H2,1-3H3. The molecule has 0 aliphatic carbocycles. The summed E-state index contributed by atoms with van der Waals surface area (Å²) in [4.78, 5) is 35.9. The fourth-order valence-corrected chi connectivity index (χ4v) is 3.91. The number of fused-ring (bicyclic) bond motifs is 1. The lowest BCUT2D eigenvalue weighted by Gasteiger charge is -2.32. The number of likely N-dealkylation sites (tertiary alicyclic amines) is 1. The highest BCUT2D eigenvalue weighted by Gasteiger charge is 2.30. The second-order valence-electron chi connectivity index (χ2n) is 7.58. The molecule has 0 saturated carbocycles. The number of piperidine rings is 1. The molecule has 2 aromatic heterocycles. The number of amides is 1. The fourth-order valence-electron chi connectivity index (χ4n) is 3.91. The topological polar surface area (TPSA) is 85.9 Å². The Hall–Kier alpha value is -3.03. The average molecular weight is 380 g/mol. The Morgan fingerprint density at radius 3 is 2.68 bits per heavy atom. The minimum atomic E-state index is -0.110. The van der Waals surface area contributed by atoms with Crippen LogP contribution in [-0.2, 0) is 7.05 Å². The number of rotatable bonds is 3. The lowest BCUT2D eigenvalue weighted by atomic mass is 9.96. The Labute approximate surface area is 162 Å². The number of aromatic nitrogens is 5. The maximum absolute atomic E-state index is 13.1. The van der Waals surface area contributed by atoms with Crippen LogP contribution in [0.1, 0.15) is 54.8 Å². The second kappa shape index (κ2) is 7.18. The van der Waals surface area contributed by atoms with E-state index in [4.69, 9.17) is 0 Å². The second-order valence-corrected chi connectivity index (χ2v) is 7.58. The Bertz CT molecular complexity index is 1080. The van der Waals surface area contributed by atoms with E-state index in [9.17, 15) is 9.59 Å². The van der Waals surface area contributed by atoms with Crippen LogP contribution >= 0.6 is 0 Å². The van der Waals surface area contributed by atoms with Crippen molar-refractivity contribution >= 4 is 16.9 Å². The van der Waals surface area contributed by atoms with Gasteiger partial charge in [-0.1, -0.05) is 0 Å². The van der Waals surface area contributed by atoms with Crippen molar-refractivity contribution in [2.75, 3.05) is 13.1 Å². The summed E-state index contributed by atoms with van der Waals surface area (Å²) in [5.41, 5.74) is 1.97. The first-order chi connectivity index (χ1) is 13.5. The normalized spacial score (nSPS) is 17.4. The molecule has 1 aromatic carbocycles. The van der Waals surface area contributed by atoms with Crippen molar-refractivity contribution < 1.29 is 4.79 Å². The molecule has 1 aliphatic rings. The van der Waals surface area contributed by atoms with Gasteiger partial charge in [0, 0.05) is 50.1 Å². The summed E-state index contributed by atoms with van der Waals surface area (Å²) >= 11 is 0. The van der Waals surface area contributed by atoms with Crippen molar-refractivity contribution in [1.82, 2.24) is 29.2 Å². The Morgan fingerprint density at radius 1 is 1.18 bits per heavy atom. The van der Waals surface area contributed by atoms with Crippen LogP contribution in [0.15, 0.2) is 35.4 Å². The number of benzene rings is 1. The molecule has 1 saturated heterocycles. The first-order valence-electron chi connectivity index (χ1n) is 9.61. The van der Waals surface area contributed by atoms with Gasteiger partial charge in [0.1, 0.15) is 5.82 Å². The van der Waals surface area contributed by atoms with E-state index >= 15 is 0 Å². The van der Waals surface area contributed by atoms with Gasteiger partial charge in [-0.15, -0.1) is 0 Å². The number of aryl methyl sites for hydroxylation is 1. The molecular weight excluding hydrogens is 356 g/mol. The molecule has 8 heteroatoms. The van der Waals surface area contributed by atoms with Crippen LogP contribution in [0.5, 0.6) is 0 Å². The van der Waals surface area contributed by atoms with Crippen molar-refractivity contribution in [3.63, 3.8) is 0 Å². The first-order valence-corrected chi connectivity index (χ1v) is 9.61. The van der Waals surface area contributed by atoms with Gasteiger partial charge >= 0.3 is 5.69 Å². The quantitative estimate of drug-likeness (QED) is 0.695. The zero-order chi connectivity index (χ0) is 19.8. The molecule has 8 nitrogen and oxygen atoms in total. The largest absolute Gasteiger partial charge is 0.345 e. The molecule has 3 heterocycles. The molecule has 0 radical (unpaired) electrons. The number of carbonyl (C=O) groups excluding carboxylic acids is 1. The van der Waals surface area contributed by atoms with Gasteiger partial charge in [-0.05, 0) is 44.9 Å². The van der Waals surface area contributed by atoms with E-state index in [-0.39, 0.29) is 23.6 Å². The molecule has 0 spiro atoms. The van der Waals surface area contributed by atoms with Gasteiger partial charge in [0.25, 0.3) is 5.91 Å². The van der Waals surface area contributed by atoms with Gasteiger partial charge in [0.2, 0.25) is 0 Å². The van der Waals surface area contributed by atoms with E-state index in [2.05, 4.69) is 15.1 Å². The highest BCUT2D eigenvalue weighted by Crippen LogP contribution is 2.27. The maximum atomic E-state index is 13.1. The van der Waals surface area contributed by atoms with Crippen LogP contribution < -0.4 is 5.69 Å². The fraction of sp³-hybridized carbons (Fsp3) is 0.450. The van der Waals surface area contributed by atoms with Gasteiger partial charge in [-0.25, -0.2) is 9.48 Å². The van der Waals surface area contributed by atoms with E-state index in [1.54, 1.807) is 36.1 Å². The zero-order valence-electron chi connectivity index (χ0n) is 16.4. The average Bonchev–Trinajstić information content (AvgIpc) is 3.02. The van der Waals surface area contributed by atoms with Gasteiger partial charge in [-0.2, -0.15) is 5.10 Å². The van der Waals surface area contributed by atoms with Gasteiger partial charge < -0.3 is 4.90 Å². The Morgan fingerprint density at radius 2 is 1.93 bits per heavy atom.